The van der Waals surface area contributed by atoms with Gasteiger partial charge in [-0.15, -0.1) is 0 Å². The molecule has 0 saturated heterocycles. The number of nitrogens with zero attached hydrogens (tertiary/aromatic N) is 2. The van der Waals surface area contributed by atoms with Crippen molar-refractivity contribution in [2.24, 2.45) is 0 Å². The van der Waals surface area contributed by atoms with Crippen molar-refractivity contribution in [3.05, 3.63) is 23.5 Å². The van der Waals surface area contributed by atoms with Gasteiger partial charge in [0.1, 0.15) is 17.5 Å². The Kier molecular flexibility index (Phi) is 2.75. The Hall–Kier alpha value is -1.70. The van der Waals surface area contributed by atoms with Gasteiger partial charge in [0.25, 0.3) is 6.43 Å². The third kappa shape index (κ3) is 1.90. The third-order valence-corrected chi connectivity index (χ3v) is 1.46. The van der Waals surface area contributed by atoms with E-state index in [1.807, 2.05) is 0 Å². The van der Waals surface area contributed by atoms with Crippen molar-refractivity contribution in [2.75, 3.05) is 7.11 Å². The predicted octanol–water partition coefficient (Wildman–Crippen LogP) is 1.90. The normalized spacial score (nSPS) is 9.77. The third-order valence-electron chi connectivity index (χ3n) is 1.46. The molecule has 0 radical (unpaired) electrons. The van der Waals surface area contributed by atoms with E-state index >= 15 is 0 Å². The zero-order chi connectivity index (χ0) is 9.84. The minimum absolute atomic E-state index is 0.0125. The van der Waals surface area contributed by atoms with Crippen molar-refractivity contribution in [2.45, 2.75) is 6.43 Å². The standard InChI is InChI=1S/C8H6F2N2O/c1-13-7-2-5(3-11)12-4-6(7)8(9)10/h2,4,8H,1H3. The molecule has 0 unspecified atom stereocenters. The number of aromatic nitrogens is 1. The van der Waals surface area contributed by atoms with Gasteiger partial charge in [0.2, 0.25) is 0 Å². The summed E-state index contributed by atoms with van der Waals surface area (Å²) in [5, 5.41) is 8.43. The van der Waals surface area contributed by atoms with E-state index in [1.165, 1.54) is 13.2 Å². The van der Waals surface area contributed by atoms with Crippen LogP contribution in [0, 0.1) is 11.3 Å². The number of rotatable bonds is 2. The van der Waals surface area contributed by atoms with Gasteiger partial charge in [-0.25, -0.2) is 13.8 Å². The molecule has 0 bridgehead atoms. The smallest absolute Gasteiger partial charge is 0.268 e. The maximum absolute atomic E-state index is 12.2. The Morgan fingerprint density at radius 2 is 2.31 bits per heavy atom. The van der Waals surface area contributed by atoms with Crippen molar-refractivity contribution in [1.82, 2.24) is 4.98 Å². The lowest BCUT2D eigenvalue weighted by molar-refractivity contribution is 0.146. The molecule has 0 aliphatic rings. The van der Waals surface area contributed by atoms with E-state index in [-0.39, 0.29) is 17.0 Å². The summed E-state index contributed by atoms with van der Waals surface area (Å²) in [6.45, 7) is 0. The molecule has 0 N–H and O–H groups in total. The van der Waals surface area contributed by atoms with E-state index in [9.17, 15) is 8.78 Å². The minimum atomic E-state index is -2.64. The molecule has 0 aliphatic heterocycles. The van der Waals surface area contributed by atoms with E-state index in [0.29, 0.717) is 0 Å². The van der Waals surface area contributed by atoms with Crippen LogP contribution < -0.4 is 4.74 Å². The lowest BCUT2D eigenvalue weighted by Gasteiger charge is -2.06. The van der Waals surface area contributed by atoms with Gasteiger partial charge in [-0.1, -0.05) is 0 Å². The largest absolute Gasteiger partial charge is 0.496 e. The molecule has 0 amide bonds. The Balaban J connectivity index is 3.17. The lowest BCUT2D eigenvalue weighted by Crippen LogP contribution is -1.95. The maximum Gasteiger partial charge on any atom is 0.268 e. The molecule has 1 heterocycles. The first kappa shape index (κ1) is 9.39. The number of nitriles is 1. The number of halogens is 2. The molecule has 68 valence electrons. The quantitative estimate of drug-likeness (QED) is 0.705. The first-order chi connectivity index (χ1) is 6.19. The van der Waals surface area contributed by atoms with Gasteiger partial charge in [0.05, 0.1) is 12.7 Å². The van der Waals surface area contributed by atoms with E-state index in [1.54, 1.807) is 6.07 Å². The first-order valence-corrected chi connectivity index (χ1v) is 3.41. The van der Waals surface area contributed by atoms with E-state index in [4.69, 9.17) is 5.26 Å². The van der Waals surface area contributed by atoms with Crippen molar-refractivity contribution >= 4 is 0 Å². The fourth-order valence-corrected chi connectivity index (χ4v) is 0.849. The first-order valence-electron chi connectivity index (χ1n) is 3.41. The summed E-state index contributed by atoms with van der Waals surface area (Å²) in [6.07, 6.45) is -1.70. The van der Waals surface area contributed by atoms with Crippen LogP contribution >= 0.6 is 0 Å². The van der Waals surface area contributed by atoms with Gasteiger partial charge in [0, 0.05) is 12.3 Å². The van der Waals surface area contributed by atoms with Crippen LogP contribution in [0.1, 0.15) is 17.7 Å². The highest BCUT2D eigenvalue weighted by Gasteiger charge is 2.14. The number of alkyl halides is 2. The topological polar surface area (TPSA) is 45.9 Å². The van der Waals surface area contributed by atoms with Gasteiger partial charge >= 0.3 is 0 Å². The highest BCUT2D eigenvalue weighted by molar-refractivity contribution is 5.37. The van der Waals surface area contributed by atoms with Gasteiger partial charge < -0.3 is 4.74 Å². The van der Waals surface area contributed by atoms with E-state index in [2.05, 4.69) is 9.72 Å². The number of hydrogen-bond donors (Lipinski definition) is 0. The van der Waals surface area contributed by atoms with Crippen molar-refractivity contribution in [3.8, 4) is 11.8 Å². The monoisotopic (exact) mass is 184 g/mol. The molecular formula is C8H6F2N2O. The summed E-state index contributed by atoms with van der Waals surface area (Å²) in [6, 6.07) is 2.91. The van der Waals surface area contributed by atoms with Crippen LogP contribution in [-0.4, -0.2) is 12.1 Å². The zero-order valence-electron chi connectivity index (χ0n) is 6.79. The van der Waals surface area contributed by atoms with Crippen LogP contribution in [0.15, 0.2) is 12.3 Å². The summed E-state index contributed by atoms with van der Waals surface area (Å²) in [7, 11) is 1.27. The van der Waals surface area contributed by atoms with Crippen LogP contribution in [0.4, 0.5) is 8.78 Å². The molecule has 3 nitrogen and oxygen atoms in total. The number of pyridine rings is 1. The minimum Gasteiger partial charge on any atom is -0.496 e. The molecule has 0 saturated carbocycles. The number of ether oxygens (including phenoxy) is 1. The molecular weight excluding hydrogens is 178 g/mol. The Morgan fingerprint density at radius 3 is 2.77 bits per heavy atom. The SMILES string of the molecule is COc1cc(C#N)ncc1C(F)F. The fraction of sp³-hybridized carbons (Fsp3) is 0.250. The predicted molar refractivity (Wildman–Crippen MR) is 40.5 cm³/mol. The average molecular weight is 184 g/mol. The Bertz CT molecular complexity index is 346. The molecule has 1 aromatic heterocycles. The second kappa shape index (κ2) is 3.81. The molecule has 0 aliphatic carbocycles. The summed E-state index contributed by atoms with van der Waals surface area (Å²) in [5.41, 5.74) is -0.247. The summed E-state index contributed by atoms with van der Waals surface area (Å²) in [4.78, 5) is 3.51. The van der Waals surface area contributed by atoms with Crippen LogP contribution in [0.5, 0.6) is 5.75 Å². The molecule has 13 heavy (non-hydrogen) atoms. The Morgan fingerprint density at radius 1 is 1.62 bits per heavy atom. The molecule has 1 aromatic rings. The second-order valence-electron chi connectivity index (χ2n) is 2.22. The molecule has 0 aromatic carbocycles. The van der Waals surface area contributed by atoms with Crippen LogP contribution in [0.3, 0.4) is 0 Å². The number of hydrogen-bond acceptors (Lipinski definition) is 3. The average Bonchev–Trinajstić information content (AvgIpc) is 2.16. The molecule has 0 fully saturated rings. The van der Waals surface area contributed by atoms with Gasteiger partial charge in [-0.2, -0.15) is 5.26 Å². The summed E-state index contributed by atoms with van der Waals surface area (Å²) >= 11 is 0. The van der Waals surface area contributed by atoms with Crippen molar-refractivity contribution < 1.29 is 13.5 Å². The highest BCUT2D eigenvalue weighted by atomic mass is 19.3. The fourth-order valence-electron chi connectivity index (χ4n) is 0.849. The van der Waals surface area contributed by atoms with Crippen molar-refractivity contribution in [1.29, 1.82) is 5.26 Å². The maximum atomic E-state index is 12.2. The molecule has 1 rings (SSSR count). The van der Waals surface area contributed by atoms with E-state index < -0.39 is 6.43 Å². The van der Waals surface area contributed by atoms with Crippen molar-refractivity contribution in [3.63, 3.8) is 0 Å². The van der Waals surface area contributed by atoms with Gasteiger partial charge in [0.15, 0.2) is 0 Å². The van der Waals surface area contributed by atoms with Crippen LogP contribution in [0.2, 0.25) is 0 Å². The van der Waals surface area contributed by atoms with Crippen LogP contribution in [0.25, 0.3) is 0 Å². The lowest BCUT2D eigenvalue weighted by atomic mass is 10.2. The van der Waals surface area contributed by atoms with Gasteiger partial charge in [-0.05, 0) is 0 Å². The Labute approximate surface area is 73.6 Å². The summed E-state index contributed by atoms with van der Waals surface area (Å²) < 4.78 is 29.2. The number of methoxy groups -OCH3 is 1. The summed E-state index contributed by atoms with van der Waals surface area (Å²) in [5.74, 6) is -0.0125. The zero-order valence-corrected chi connectivity index (χ0v) is 6.79. The molecule has 0 spiro atoms. The van der Waals surface area contributed by atoms with Gasteiger partial charge in [-0.3, -0.25) is 0 Å². The van der Waals surface area contributed by atoms with Crippen LogP contribution in [-0.2, 0) is 0 Å². The van der Waals surface area contributed by atoms with E-state index in [0.717, 1.165) is 6.20 Å². The molecule has 5 heteroatoms. The second-order valence-corrected chi connectivity index (χ2v) is 2.22. The molecule has 0 atom stereocenters. The highest BCUT2D eigenvalue weighted by Crippen LogP contribution is 2.28.